The number of nitrogens with zero attached hydrogens (tertiary/aromatic N) is 1. The Kier molecular flexibility index (Phi) is 5.04. The van der Waals surface area contributed by atoms with Crippen molar-refractivity contribution in [1.29, 1.82) is 0 Å². The maximum Gasteiger partial charge on any atom is 0.419 e. The molecule has 0 spiro atoms. The third-order valence-electron chi connectivity index (χ3n) is 5.15. The van der Waals surface area contributed by atoms with Gasteiger partial charge in [0.15, 0.2) is 0 Å². The SMILES string of the molecule is Nc1nccc2c(CN[C@H]3C[C@H](Oc4ccc(F)c(C(F)(F)F)c4)C3)cccc12. The zero-order chi connectivity index (χ0) is 20.6. The number of benzene rings is 2. The van der Waals surface area contributed by atoms with E-state index in [-0.39, 0.29) is 17.9 Å². The van der Waals surface area contributed by atoms with Crippen LogP contribution in [0.5, 0.6) is 5.75 Å². The van der Waals surface area contributed by atoms with Crippen molar-refractivity contribution in [3.8, 4) is 5.75 Å². The fraction of sp³-hybridized carbons (Fsp3) is 0.286. The van der Waals surface area contributed by atoms with Crippen LogP contribution in [-0.4, -0.2) is 17.1 Å². The van der Waals surface area contributed by atoms with Crippen LogP contribution in [0.1, 0.15) is 24.0 Å². The van der Waals surface area contributed by atoms with E-state index >= 15 is 0 Å². The first kappa shape index (κ1) is 19.4. The third-order valence-corrected chi connectivity index (χ3v) is 5.15. The van der Waals surface area contributed by atoms with Gasteiger partial charge in [-0.3, -0.25) is 0 Å². The standard InChI is InChI=1S/C21H19F4N3O/c22-19-5-4-14(10-18(19)21(23,24)25)29-15-8-13(9-15)28-11-12-2-1-3-17-16(12)6-7-27-20(17)26/h1-7,10,13,15,28H,8-9,11H2,(H2,26,27)/t13-,15-. The highest BCUT2D eigenvalue weighted by atomic mass is 19.4. The van der Waals surface area contributed by atoms with Gasteiger partial charge in [0.25, 0.3) is 0 Å². The van der Waals surface area contributed by atoms with Crippen molar-refractivity contribution in [2.45, 2.75) is 37.7 Å². The lowest BCUT2D eigenvalue weighted by Crippen LogP contribution is -2.46. The first-order valence-electron chi connectivity index (χ1n) is 9.20. The summed E-state index contributed by atoms with van der Waals surface area (Å²) in [6.45, 7) is 0.632. The number of ether oxygens (including phenoxy) is 1. The largest absolute Gasteiger partial charge is 0.490 e. The Morgan fingerprint density at radius 1 is 1.10 bits per heavy atom. The number of halogens is 4. The molecule has 4 nitrogen and oxygen atoms in total. The van der Waals surface area contributed by atoms with Gasteiger partial charge < -0.3 is 15.8 Å². The number of pyridine rings is 1. The zero-order valence-corrected chi connectivity index (χ0v) is 15.3. The Morgan fingerprint density at radius 2 is 1.90 bits per heavy atom. The molecule has 3 aromatic rings. The highest BCUT2D eigenvalue weighted by Gasteiger charge is 2.35. The first-order chi connectivity index (χ1) is 13.8. The van der Waals surface area contributed by atoms with Gasteiger partial charge in [0.2, 0.25) is 0 Å². The van der Waals surface area contributed by atoms with E-state index in [4.69, 9.17) is 10.5 Å². The van der Waals surface area contributed by atoms with Gasteiger partial charge in [-0.15, -0.1) is 0 Å². The highest BCUT2D eigenvalue weighted by molar-refractivity contribution is 5.93. The predicted molar refractivity (Wildman–Crippen MR) is 102 cm³/mol. The summed E-state index contributed by atoms with van der Waals surface area (Å²) >= 11 is 0. The monoisotopic (exact) mass is 405 g/mol. The molecule has 1 heterocycles. The number of anilines is 1. The minimum atomic E-state index is -4.75. The van der Waals surface area contributed by atoms with Crippen molar-refractivity contribution in [3.63, 3.8) is 0 Å². The number of aromatic nitrogens is 1. The van der Waals surface area contributed by atoms with Crippen LogP contribution in [0.2, 0.25) is 0 Å². The van der Waals surface area contributed by atoms with Gasteiger partial charge in [-0.05, 0) is 48.1 Å². The van der Waals surface area contributed by atoms with E-state index in [2.05, 4.69) is 10.3 Å². The number of hydrogen-bond acceptors (Lipinski definition) is 4. The van der Waals surface area contributed by atoms with E-state index in [1.807, 2.05) is 24.3 Å². The molecule has 0 unspecified atom stereocenters. The number of fused-ring (bicyclic) bond motifs is 1. The minimum absolute atomic E-state index is 0.0270. The van der Waals surface area contributed by atoms with Gasteiger partial charge in [0.1, 0.15) is 23.5 Å². The lowest BCUT2D eigenvalue weighted by molar-refractivity contribution is -0.140. The number of nitrogens with one attached hydrogen (secondary N) is 1. The Balaban J connectivity index is 1.33. The van der Waals surface area contributed by atoms with Gasteiger partial charge in [-0.25, -0.2) is 9.37 Å². The molecule has 152 valence electrons. The van der Waals surface area contributed by atoms with Crippen molar-refractivity contribution < 1.29 is 22.3 Å². The first-order valence-corrected chi connectivity index (χ1v) is 9.20. The molecule has 8 heteroatoms. The minimum Gasteiger partial charge on any atom is -0.490 e. The van der Waals surface area contributed by atoms with E-state index in [1.165, 1.54) is 6.07 Å². The van der Waals surface area contributed by atoms with Gasteiger partial charge in [0, 0.05) is 24.2 Å². The average molecular weight is 405 g/mol. The Bertz CT molecular complexity index is 1030. The van der Waals surface area contributed by atoms with Crippen molar-refractivity contribution >= 4 is 16.6 Å². The van der Waals surface area contributed by atoms with Gasteiger partial charge in [0.05, 0.1) is 5.56 Å². The molecule has 1 aliphatic rings. The normalized spacial score (nSPS) is 19.2. The molecule has 0 amide bonds. The van der Waals surface area contributed by atoms with Crippen LogP contribution in [0.3, 0.4) is 0 Å². The summed E-state index contributed by atoms with van der Waals surface area (Å²) in [5, 5.41) is 5.36. The van der Waals surface area contributed by atoms with E-state index < -0.39 is 17.6 Å². The summed E-state index contributed by atoms with van der Waals surface area (Å²) < 4.78 is 57.4. The topological polar surface area (TPSA) is 60.2 Å². The molecule has 4 rings (SSSR count). The van der Waals surface area contributed by atoms with E-state index in [0.717, 1.165) is 22.4 Å². The fourth-order valence-corrected chi connectivity index (χ4v) is 3.52. The molecule has 29 heavy (non-hydrogen) atoms. The summed E-state index contributed by atoms with van der Waals surface area (Å²) in [5.41, 5.74) is 5.70. The van der Waals surface area contributed by atoms with Crippen molar-refractivity contribution in [2.24, 2.45) is 0 Å². The van der Waals surface area contributed by atoms with Gasteiger partial charge >= 0.3 is 6.18 Å². The molecule has 0 bridgehead atoms. The number of alkyl halides is 3. The van der Waals surface area contributed by atoms with E-state index in [0.29, 0.717) is 31.3 Å². The van der Waals surface area contributed by atoms with Crippen LogP contribution in [0, 0.1) is 5.82 Å². The van der Waals surface area contributed by atoms with Crippen LogP contribution in [0.15, 0.2) is 48.7 Å². The predicted octanol–water partition coefficient (Wildman–Crippen LogP) is 4.67. The Labute approximate surface area is 164 Å². The molecule has 1 aromatic heterocycles. The molecular formula is C21H19F4N3O. The molecule has 1 fully saturated rings. The summed E-state index contributed by atoms with van der Waals surface area (Å²) in [6, 6.07) is 10.7. The quantitative estimate of drug-likeness (QED) is 0.606. The second-order valence-corrected chi connectivity index (χ2v) is 7.14. The molecule has 0 aliphatic heterocycles. The van der Waals surface area contributed by atoms with Crippen LogP contribution < -0.4 is 15.8 Å². The molecular weight excluding hydrogens is 386 g/mol. The third kappa shape index (κ3) is 4.12. The molecule has 3 N–H and O–H groups in total. The average Bonchev–Trinajstić information content (AvgIpc) is 2.64. The molecule has 1 saturated carbocycles. The van der Waals surface area contributed by atoms with Crippen LogP contribution in [0.25, 0.3) is 10.8 Å². The number of hydrogen-bond donors (Lipinski definition) is 2. The van der Waals surface area contributed by atoms with Crippen molar-refractivity contribution in [2.75, 3.05) is 5.73 Å². The lowest BCUT2D eigenvalue weighted by atomic mass is 9.89. The lowest BCUT2D eigenvalue weighted by Gasteiger charge is -2.36. The number of rotatable bonds is 5. The fourth-order valence-electron chi connectivity index (χ4n) is 3.52. The summed E-state index contributed by atoms with van der Waals surface area (Å²) in [7, 11) is 0. The van der Waals surface area contributed by atoms with Crippen molar-refractivity contribution in [3.05, 3.63) is 65.6 Å². The van der Waals surface area contributed by atoms with Crippen LogP contribution in [0.4, 0.5) is 23.4 Å². The van der Waals surface area contributed by atoms with Crippen LogP contribution in [-0.2, 0) is 12.7 Å². The number of nitrogen functional groups attached to an aromatic ring is 1. The number of nitrogens with two attached hydrogens (primary N) is 1. The summed E-state index contributed by atoms with van der Waals surface area (Å²) in [6.07, 6.45) is -1.96. The second kappa shape index (κ2) is 7.51. The van der Waals surface area contributed by atoms with Crippen molar-refractivity contribution in [1.82, 2.24) is 10.3 Å². The molecule has 0 saturated heterocycles. The molecule has 1 aliphatic carbocycles. The molecule has 0 radical (unpaired) electrons. The highest BCUT2D eigenvalue weighted by Crippen LogP contribution is 2.35. The van der Waals surface area contributed by atoms with Gasteiger partial charge in [-0.2, -0.15) is 13.2 Å². The summed E-state index contributed by atoms with van der Waals surface area (Å²) in [5.74, 6) is -0.790. The van der Waals surface area contributed by atoms with Gasteiger partial charge in [-0.1, -0.05) is 18.2 Å². The van der Waals surface area contributed by atoms with E-state index in [1.54, 1.807) is 6.20 Å². The Hall–Kier alpha value is -2.87. The molecule has 2 aromatic carbocycles. The summed E-state index contributed by atoms with van der Waals surface area (Å²) in [4.78, 5) is 4.09. The smallest absolute Gasteiger partial charge is 0.419 e. The maximum absolute atomic E-state index is 13.4. The Morgan fingerprint density at radius 3 is 2.66 bits per heavy atom. The van der Waals surface area contributed by atoms with E-state index in [9.17, 15) is 17.6 Å². The second-order valence-electron chi connectivity index (χ2n) is 7.14. The molecule has 0 atom stereocenters. The zero-order valence-electron chi connectivity index (χ0n) is 15.3. The van der Waals surface area contributed by atoms with Crippen LogP contribution >= 0.6 is 0 Å². The maximum atomic E-state index is 13.4.